The van der Waals surface area contributed by atoms with Gasteiger partial charge < -0.3 is 19.9 Å². The van der Waals surface area contributed by atoms with Crippen LogP contribution in [-0.2, 0) is 4.79 Å². The van der Waals surface area contributed by atoms with Crippen molar-refractivity contribution in [1.29, 1.82) is 5.26 Å². The van der Waals surface area contributed by atoms with Gasteiger partial charge in [-0.3, -0.25) is 9.69 Å². The molecule has 0 atom stereocenters. The Kier molecular flexibility index (Phi) is 7.73. The molecule has 1 saturated heterocycles. The van der Waals surface area contributed by atoms with Gasteiger partial charge in [-0.15, -0.1) is 0 Å². The van der Waals surface area contributed by atoms with E-state index in [0.29, 0.717) is 34.6 Å². The summed E-state index contributed by atoms with van der Waals surface area (Å²) in [7, 11) is 3.93. The van der Waals surface area contributed by atoms with Gasteiger partial charge in [0.05, 0.1) is 40.7 Å². The van der Waals surface area contributed by atoms with Gasteiger partial charge in [0.15, 0.2) is 5.88 Å². The van der Waals surface area contributed by atoms with Gasteiger partial charge in [-0.05, 0) is 63.0 Å². The predicted molar refractivity (Wildman–Crippen MR) is 155 cm³/mol. The molecule has 1 amide bonds. The number of nitrogens with one attached hydrogen (secondary N) is 1. The summed E-state index contributed by atoms with van der Waals surface area (Å²) in [6, 6.07) is 24.6. The van der Waals surface area contributed by atoms with E-state index in [9.17, 15) is 15.2 Å². The minimum Gasteiger partial charge on any atom is -0.494 e. The fourth-order valence-electron chi connectivity index (χ4n) is 4.93. The van der Waals surface area contributed by atoms with Crippen molar-refractivity contribution in [2.75, 3.05) is 51.7 Å². The molecule has 8 nitrogen and oxygen atoms in total. The number of carbonyl (C=O) groups is 1. The third kappa shape index (κ3) is 5.85. The van der Waals surface area contributed by atoms with Crippen molar-refractivity contribution in [3.63, 3.8) is 0 Å². The number of nitrogens with zero attached hydrogens (tertiary/aromatic N) is 5. The Morgan fingerprint density at radius 2 is 1.82 bits per heavy atom. The Hall–Kier alpha value is -4.45. The molecule has 0 spiro atoms. The lowest BCUT2D eigenvalue weighted by Gasteiger charge is -2.24. The molecule has 1 fully saturated rings. The lowest BCUT2D eigenvalue weighted by atomic mass is 10.00. The number of aliphatic imine (C=N–C) groups is 1. The lowest BCUT2D eigenvalue weighted by Crippen LogP contribution is -2.40. The number of carbonyl (C=O) groups excluding carboxylic acids is 1. The first-order chi connectivity index (χ1) is 18.9. The Bertz CT molecular complexity index is 1540. The largest absolute Gasteiger partial charge is 0.494 e. The van der Waals surface area contributed by atoms with Gasteiger partial charge in [0.2, 0.25) is 5.91 Å². The van der Waals surface area contributed by atoms with E-state index in [4.69, 9.17) is 4.99 Å². The smallest absolute Gasteiger partial charge is 0.240 e. The van der Waals surface area contributed by atoms with Crippen molar-refractivity contribution >= 4 is 33.9 Å². The summed E-state index contributed by atoms with van der Waals surface area (Å²) in [6.07, 6.45) is 1.06. The molecule has 0 bridgehead atoms. The molecular formula is C31H32N6O2. The number of fused-ring (bicyclic) bond motifs is 1. The van der Waals surface area contributed by atoms with Crippen LogP contribution in [0.4, 0.5) is 11.4 Å². The summed E-state index contributed by atoms with van der Waals surface area (Å²) in [5.74, 6) is 0.0468. The summed E-state index contributed by atoms with van der Waals surface area (Å²) in [6.45, 7) is 4.25. The number of nitriles is 1. The van der Waals surface area contributed by atoms with Gasteiger partial charge >= 0.3 is 0 Å². The number of hydrogen-bond acceptors (Lipinski definition) is 6. The van der Waals surface area contributed by atoms with E-state index in [2.05, 4.69) is 27.9 Å². The topological polar surface area (TPSA) is 99.0 Å². The van der Waals surface area contributed by atoms with Crippen LogP contribution in [0.15, 0.2) is 77.8 Å². The van der Waals surface area contributed by atoms with Crippen LogP contribution in [-0.4, -0.2) is 78.3 Å². The first kappa shape index (κ1) is 26.2. The van der Waals surface area contributed by atoms with Gasteiger partial charge in [-0.1, -0.05) is 36.4 Å². The first-order valence-corrected chi connectivity index (χ1v) is 13.1. The molecule has 2 heterocycles. The molecule has 198 valence electrons. The van der Waals surface area contributed by atoms with Crippen molar-refractivity contribution in [3.8, 4) is 11.9 Å². The molecular weight excluding hydrogens is 488 g/mol. The number of aromatic hydroxyl groups is 1. The number of aromatic amines is 1. The summed E-state index contributed by atoms with van der Waals surface area (Å²) in [4.78, 5) is 27.1. The van der Waals surface area contributed by atoms with E-state index in [1.807, 2.05) is 60.7 Å². The molecule has 3 aromatic carbocycles. The van der Waals surface area contributed by atoms with Gasteiger partial charge in [0, 0.05) is 36.8 Å². The molecule has 2 N–H and O–H groups in total. The molecule has 1 aliphatic rings. The number of hydrogen-bond donors (Lipinski definition) is 2. The van der Waals surface area contributed by atoms with E-state index in [0.717, 1.165) is 49.2 Å². The number of rotatable bonds is 6. The third-order valence-electron chi connectivity index (χ3n) is 7.21. The molecule has 0 unspecified atom stereocenters. The maximum absolute atomic E-state index is 13.0. The standard InChI is InChI=1S/C31H32N6O2/c1-35-15-6-16-37(18-17-35)21-28(38)36(2)25-12-10-24(11-13-25)33-30(23-7-4-3-5-8-23)29-26-14-9-22(20-32)19-27(26)34-31(29)39/h3-5,7-14,19,34,39H,6,15-18,21H2,1-2H3. The van der Waals surface area contributed by atoms with E-state index >= 15 is 0 Å². The molecule has 0 radical (unpaired) electrons. The molecule has 4 aromatic rings. The van der Waals surface area contributed by atoms with E-state index in [1.165, 1.54) is 0 Å². The summed E-state index contributed by atoms with van der Waals surface area (Å²) in [5.41, 5.74) is 4.68. The molecule has 1 aromatic heterocycles. The molecule has 8 heteroatoms. The zero-order chi connectivity index (χ0) is 27.4. The van der Waals surface area contributed by atoms with Crippen LogP contribution in [0.25, 0.3) is 10.9 Å². The fourth-order valence-corrected chi connectivity index (χ4v) is 4.93. The van der Waals surface area contributed by atoms with Crippen molar-refractivity contribution in [3.05, 3.63) is 89.5 Å². The van der Waals surface area contributed by atoms with E-state index in [1.54, 1.807) is 24.1 Å². The highest BCUT2D eigenvalue weighted by atomic mass is 16.3. The number of H-pyrrole nitrogens is 1. The number of aromatic nitrogens is 1. The second-order valence-corrected chi connectivity index (χ2v) is 9.95. The zero-order valence-electron chi connectivity index (χ0n) is 22.3. The molecule has 0 aliphatic carbocycles. The van der Waals surface area contributed by atoms with Crippen LogP contribution in [0.5, 0.6) is 5.88 Å². The Morgan fingerprint density at radius 1 is 1.05 bits per heavy atom. The summed E-state index contributed by atoms with van der Waals surface area (Å²) >= 11 is 0. The maximum atomic E-state index is 13.0. The fraction of sp³-hybridized carbons (Fsp3) is 0.258. The van der Waals surface area contributed by atoms with Crippen molar-refractivity contribution < 1.29 is 9.90 Å². The van der Waals surface area contributed by atoms with Crippen LogP contribution >= 0.6 is 0 Å². The van der Waals surface area contributed by atoms with Crippen molar-refractivity contribution in [2.45, 2.75) is 6.42 Å². The van der Waals surface area contributed by atoms with Crippen molar-refractivity contribution in [2.24, 2.45) is 4.99 Å². The SMILES string of the molecule is CN1CCCN(CC(=O)N(C)c2ccc(N=C(c3ccccc3)c3c(O)[nH]c4cc(C#N)ccc34)cc2)CC1. The third-order valence-corrected chi connectivity index (χ3v) is 7.21. The minimum absolute atomic E-state index is 0.00986. The Balaban J connectivity index is 1.42. The van der Waals surface area contributed by atoms with Gasteiger partial charge in [-0.25, -0.2) is 4.99 Å². The number of likely N-dealkylation sites (N-methyl/N-ethyl adjacent to an activating group) is 2. The molecule has 1 aliphatic heterocycles. The highest BCUT2D eigenvalue weighted by molar-refractivity contribution is 6.22. The van der Waals surface area contributed by atoms with Crippen LogP contribution in [0.1, 0.15) is 23.1 Å². The van der Waals surface area contributed by atoms with Crippen LogP contribution in [0.2, 0.25) is 0 Å². The van der Waals surface area contributed by atoms with Crippen LogP contribution in [0, 0.1) is 11.3 Å². The van der Waals surface area contributed by atoms with Crippen molar-refractivity contribution in [1.82, 2.24) is 14.8 Å². The Labute approximate surface area is 228 Å². The second-order valence-electron chi connectivity index (χ2n) is 9.95. The summed E-state index contributed by atoms with van der Waals surface area (Å²) in [5, 5.41) is 20.9. The molecule has 0 saturated carbocycles. The normalized spacial score (nSPS) is 15.2. The maximum Gasteiger partial charge on any atom is 0.240 e. The molecule has 5 rings (SSSR count). The quantitative estimate of drug-likeness (QED) is 0.365. The van der Waals surface area contributed by atoms with Crippen LogP contribution < -0.4 is 4.90 Å². The number of amides is 1. The lowest BCUT2D eigenvalue weighted by molar-refractivity contribution is -0.119. The second kappa shape index (κ2) is 11.5. The van der Waals surface area contributed by atoms with E-state index < -0.39 is 0 Å². The van der Waals surface area contributed by atoms with Gasteiger partial charge in [0.25, 0.3) is 0 Å². The monoisotopic (exact) mass is 520 g/mol. The van der Waals surface area contributed by atoms with Gasteiger partial charge in [0.1, 0.15) is 0 Å². The Morgan fingerprint density at radius 3 is 2.56 bits per heavy atom. The van der Waals surface area contributed by atoms with Gasteiger partial charge in [-0.2, -0.15) is 5.26 Å². The predicted octanol–water partition coefficient (Wildman–Crippen LogP) is 4.51. The number of anilines is 1. The average molecular weight is 521 g/mol. The highest BCUT2D eigenvalue weighted by Crippen LogP contribution is 2.32. The zero-order valence-corrected chi connectivity index (χ0v) is 22.3. The average Bonchev–Trinajstić information content (AvgIpc) is 3.14. The van der Waals surface area contributed by atoms with Crippen LogP contribution in [0.3, 0.4) is 0 Å². The first-order valence-electron chi connectivity index (χ1n) is 13.1. The number of benzene rings is 3. The highest BCUT2D eigenvalue weighted by Gasteiger charge is 2.20. The summed E-state index contributed by atoms with van der Waals surface area (Å²) < 4.78 is 0. The van der Waals surface area contributed by atoms with E-state index in [-0.39, 0.29) is 11.8 Å². The minimum atomic E-state index is -0.00986. The molecule has 39 heavy (non-hydrogen) atoms.